The van der Waals surface area contributed by atoms with Crippen LogP contribution in [0.3, 0.4) is 0 Å². The van der Waals surface area contributed by atoms with Crippen molar-refractivity contribution in [3.8, 4) is 16.3 Å². The van der Waals surface area contributed by atoms with E-state index in [9.17, 15) is 13.6 Å². The van der Waals surface area contributed by atoms with Gasteiger partial charge in [0.2, 0.25) is 0 Å². The minimum Gasteiger partial charge on any atom is -0.435 e. The molecule has 9 heteroatoms. The molecule has 2 heterocycles. The molecule has 0 aliphatic heterocycles. The molecule has 0 saturated carbocycles. The summed E-state index contributed by atoms with van der Waals surface area (Å²) in [6, 6.07) is 6.18. The van der Waals surface area contributed by atoms with Gasteiger partial charge in [0.1, 0.15) is 16.5 Å². The van der Waals surface area contributed by atoms with Gasteiger partial charge in [-0.05, 0) is 17.7 Å². The topological polar surface area (TPSA) is 60.2 Å². The summed E-state index contributed by atoms with van der Waals surface area (Å²) in [5, 5.41) is 6.53. The molecule has 0 bridgehead atoms. The molecule has 0 aliphatic carbocycles. The van der Waals surface area contributed by atoms with Gasteiger partial charge in [-0.3, -0.25) is 9.48 Å². The minimum atomic E-state index is -2.86. The normalized spacial score (nSPS) is 11.0. The van der Waals surface area contributed by atoms with Gasteiger partial charge in [0.15, 0.2) is 0 Å². The van der Waals surface area contributed by atoms with Gasteiger partial charge in [-0.1, -0.05) is 12.1 Å². The first-order valence-corrected chi connectivity index (χ1v) is 8.54. The summed E-state index contributed by atoms with van der Waals surface area (Å²) in [4.78, 5) is 18.4. The zero-order chi connectivity index (χ0) is 18.7. The van der Waals surface area contributed by atoms with Gasteiger partial charge in [-0.2, -0.15) is 13.9 Å². The number of benzene rings is 1. The van der Waals surface area contributed by atoms with E-state index in [-0.39, 0.29) is 11.7 Å². The summed E-state index contributed by atoms with van der Waals surface area (Å²) in [5.74, 6) is -0.136. The number of halogens is 2. The Morgan fingerprint density at radius 2 is 2.08 bits per heavy atom. The highest BCUT2D eigenvalue weighted by molar-refractivity contribution is 7.13. The predicted octanol–water partition coefficient (Wildman–Crippen LogP) is 3.42. The Labute approximate surface area is 152 Å². The van der Waals surface area contributed by atoms with Crippen LogP contribution in [0.4, 0.5) is 8.78 Å². The molecule has 0 aliphatic rings. The molecule has 0 saturated heterocycles. The van der Waals surface area contributed by atoms with Crippen LogP contribution in [0, 0.1) is 0 Å². The predicted molar refractivity (Wildman–Crippen MR) is 93.2 cm³/mol. The van der Waals surface area contributed by atoms with Crippen molar-refractivity contribution in [3.63, 3.8) is 0 Å². The average molecular weight is 378 g/mol. The number of alkyl halides is 2. The zero-order valence-electron chi connectivity index (χ0n) is 14.1. The molecule has 1 aromatic carbocycles. The summed E-state index contributed by atoms with van der Waals surface area (Å²) >= 11 is 1.38. The molecule has 0 atom stereocenters. The largest absolute Gasteiger partial charge is 0.435 e. The van der Waals surface area contributed by atoms with Crippen molar-refractivity contribution < 1.29 is 18.3 Å². The Morgan fingerprint density at radius 3 is 2.69 bits per heavy atom. The van der Waals surface area contributed by atoms with E-state index in [1.165, 1.54) is 28.4 Å². The fourth-order valence-electron chi connectivity index (χ4n) is 2.35. The average Bonchev–Trinajstić information content (AvgIpc) is 3.24. The molecule has 2 aromatic heterocycles. The van der Waals surface area contributed by atoms with Gasteiger partial charge < -0.3 is 9.64 Å². The summed E-state index contributed by atoms with van der Waals surface area (Å²) < 4.78 is 30.3. The number of amides is 1. The Hall–Kier alpha value is -2.81. The van der Waals surface area contributed by atoms with Crippen LogP contribution in [-0.2, 0) is 13.6 Å². The van der Waals surface area contributed by atoms with Crippen LogP contribution in [-0.4, -0.2) is 39.2 Å². The molecule has 0 fully saturated rings. The molecule has 0 N–H and O–H groups in total. The summed E-state index contributed by atoms with van der Waals surface area (Å²) in [6.07, 6.45) is 3.53. The standard InChI is InChI=1S/C17H16F2N4O2S/c1-22(8-11-3-5-13(6-4-11)25-17(18)19)16(24)14-10-26-15(21-14)12-7-20-23(2)9-12/h3-7,9-10,17H,8H2,1-2H3. The summed E-state index contributed by atoms with van der Waals surface area (Å²) in [5.41, 5.74) is 2.01. The Bertz CT molecular complexity index is 892. The van der Waals surface area contributed by atoms with Crippen LogP contribution in [0.15, 0.2) is 42.0 Å². The lowest BCUT2D eigenvalue weighted by Crippen LogP contribution is -2.26. The third-order valence-electron chi connectivity index (χ3n) is 3.59. The molecule has 0 spiro atoms. The first-order chi connectivity index (χ1) is 12.4. The van der Waals surface area contributed by atoms with Crippen molar-refractivity contribution in [1.29, 1.82) is 0 Å². The van der Waals surface area contributed by atoms with Crippen molar-refractivity contribution in [2.75, 3.05) is 7.05 Å². The lowest BCUT2D eigenvalue weighted by Gasteiger charge is -2.16. The molecule has 136 valence electrons. The van der Waals surface area contributed by atoms with E-state index in [2.05, 4.69) is 14.8 Å². The number of aryl methyl sites for hydroxylation is 1. The molecule has 0 unspecified atom stereocenters. The Kier molecular flexibility index (Phi) is 5.27. The highest BCUT2D eigenvalue weighted by Gasteiger charge is 2.17. The van der Waals surface area contributed by atoms with E-state index in [1.807, 2.05) is 13.2 Å². The fraction of sp³-hybridized carbons (Fsp3) is 0.235. The van der Waals surface area contributed by atoms with Gasteiger partial charge in [0.05, 0.1) is 6.20 Å². The first kappa shape index (κ1) is 18.0. The zero-order valence-corrected chi connectivity index (χ0v) is 14.9. The number of aromatic nitrogens is 3. The van der Waals surface area contributed by atoms with Crippen LogP contribution >= 0.6 is 11.3 Å². The number of carbonyl (C=O) groups is 1. The number of ether oxygens (including phenoxy) is 1. The van der Waals surface area contributed by atoms with Crippen LogP contribution in [0.5, 0.6) is 5.75 Å². The van der Waals surface area contributed by atoms with Crippen molar-refractivity contribution in [2.45, 2.75) is 13.2 Å². The van der Waals surface area contributed by atoms with Gasteiger partial charge in [0, 0.05) is 37.8 Å². The minimum absolute atomic E-state index is 0.0818. The number of nitrogens with zero attached hydrogens (tertiary/aromatic N) is 4. The second-order valence-corrected chi connectivity index (χ2v) is 6.48. The maximum absolute atomic E-state index is 12.5. The van der Waals surface area contributed by atoms with Crippen LogP contribution in [0.25, 0.3) is 10.6 Å². The smallest absolute Gasteiger partial charge is 0.387 e. The molecule has 1 amide bonds. The maximum Gasteiger partial charge on any atom is 0.387 e. The number of hydrogen-bond donors (Lipinski definition) is 0. The molecule has 0 radical (unpaired) electrons. The van der Waals surface area contributed by atoms with Gasteiger partial charge in [-0.15, -0.1) is 11.3 Å². The fourth-order valence-corrected chi connectivity index (χ4v) is 3.12. The number of rotatable bonds is 6. The Balaban J connectivity index is 1.65. The second-order valence-electron chi connectivity index (χ2n) is 5.62. The number of thiazole rings is 1. The van der Waals surface area contributed by atoms with Gasteiger partial charge >= 0.3 is 6.61 Å². The van der Waals surface area contributed by atoms with E-state index in [0.29, 0.717) is 12.2 Å². The van der Waals surface area contributed by atoms with Crippen molar-refractivity contribution in [3.05, 3.63) is 53.3 Å². The number of hydrogen-bond acceptors (Lipinski definition) is 5. The summed E-state index contributed by atoms with van der Waals surface area (Å²) in [7, 11) is 3.48. The second kappa shape index (κ2) is 7.61. The molecule has 26 heavy (non-hydrogen) atoms. The first-order valence-electron chi connectivity index (χ1n) is 7.66. The summed E-state index contributed by atoms with van der Waals surface area (Å²) in [6.45, 7) is -2.53. The van der Waals surface area contributed by atoms with Crippen LogP contribution < -0.4 is 4.74 Å². The monoisotopic (exact) mass is 378 g/mol. The van der Waals surface area contributed by atoms with Crippen LogP contribution in [0.1, 0.15) is 16.1 Å². The lowest BCUT2D eigenvalue weighted by molar-refractivity contribution is -0.0498. The lowest BCUT2D eigenvalue weighted by atomic mass is 10.2. The van der Waals surface area contributed by atoms with E-state index in [4.69, 9.17) is 0 Å². The van der Waals surface area contributed by atoms with Crippen LogP contribution in [0.2, 0.25) is 0 Å². The van der Waals surface area contributed by atoms with Crippen molar-refractivity contribution >= 4 is 17.2 Å². The molecule has 3 aromatic rings. The molecule has 6 nitrogen and oxygen atoms in total. The molecular formula is C17H16F2N4O2S. The Morgan fingerprint density at radius 1 is 1.35 bits per heavy atom. The third-order valence-corrected chi connectivity index (χ3v) is 4.48. The molecular weight excluding hydrogens is 362 g/mol. The van der Waals surface area contributed by atoms with Crippen molar-refractivity contribution in [1.82, 2.24) is 19.7 Å². The SMILES string of the molecule is CN(Cc1ccc(OC(F)F)cc1)C(=O)c1csc(-c2cnn(C)c2)n1. The molecule has 3 rings (SSSR count). The van der Waals surface area contributed by atoms with E-state index in [1.54, 1.807) is 35.4 Å². The quantitative estimate of drug-likeness (QED) is 0.660. The number of carbonyl (C=O) groups excluding carboxylic acids is 1. The maximum atomic E-state index is 12.5. The van der Waals surface area contributed by atoms with Gasteiger partial charge in [0.25, 0.3) is 5.91 Å². The van der Waals surface area contributed by atoms with E-state index >= 15 is 0 Å². The van der Waals surface area contributed by atoms with Crippen molar-refractivity contribution in [2.24, 2.45) is 7.05 Å². The highest BCUT2D eigenvalue weighted by Crippen LogP contribution is 2.24. The van der Waals surface area contributed by atoms with E-state index < -0.39 is 6.61 Å². The third kappa shape index (κ3) is 4.23. The van der Waals surface area contributed by atoms with E-state index in [0.717, 1.165) is 16.1 Å². The van der Waals surface area contributed by atoms with Gasteiger partial charge in [-0.25, -0.2) is 4.98 Å². The highest BCUT2D eigenvalue weighted by atomic mass is 32.1.